The largest absolute Gasteiger partial charge is 0.497 e. The number of rotatable bonds is 7. The smallest absolute Gasteiger partial charge is 0.227 e. The summed E-state index contributed by atoms with van der Waals surface area (Å²) >= 11 is 0. The van der Waals surface area contributed by atoms with Gasteiger partial charge in [0, 0.05) is 63.6 Å². The molecule has 32 heavy (non-hydrogen) atoms. The first-order valence-corrected chi connectivity index (χ1v) is 11.5. The molecule has 1 atom stereocenters. The molecule has 1 aromatic carbocycles. The van der Waals surface area contributed by atoms with E-state index in [0.29, 0.717) is 18.1 Å². The van der Waals surface area contributed by atoms with Gasteiger partial charge in [-0.2, -0.15) is 0 Å². The number of nitrogens with zero attached hydrogens (tertiary/aromatic N) is 4. The van der Waals surface area contributed by atoms with Crippen molar-refractivity contribution in [3.05, 3.63) is 48.2 Å². The van der Waals surface area contributed by atoms with Gasteiger partial charge >= 0.3 is 0 Å². The molecule has 0 spiro atoms. The van der Waals surface area contributed by atoms with E-state index in [1.165, 1.54) is 6.42 Å². The fourth-order valence-corrected chi connectivity index (χ4v) is 4.78. The highest BCUT2D eigenvalue weighted by Crippen LogP contribution is 2.26. The van der Waals surface area contributed by atoms with E-state index in [4.69, 9.17) is 9.47 Å². The molecule has 0 N–H and O–H groups in total. The zero-order valence-corrected chi connectivity index (χ0v) is 19.2. The molecule has 1 amide bonds. The van der Waals surface area contributed by atoms with Crippen molar-refractivity contribution < 1.29 is 14.3 Å². The summed E-state index contributed by atoms with van der Waals surface area (Å²) in [7, 11) is 3.26. The molecular formula is C25H34N4O3. The van der Waals surface area contributed by atoms with Crippen molar-refractivity contribution in [3.63, 3.8) is 0 Å². The number of methoxy groups -OCH3 is 2. The number of hydrogen-bond acceptors (Lipinski definition) is 6. The fourth-order valence-electron chi connectivity index (χ4n) is 4.78. The van der Waals surface area contributed by atoms with E-state index >= 15 is 0 Å². The lowest BCUT2D eigenvalue weighted by atomic mass is 9.96. The van der Waals surface area contributed by atoms with Gasteiger partial charge in [0.2, 0.25) is 5.91 Å². The summed E-state index contributed by atoms with van der Waals surface area (Å²) in [5.41, 5.74) is 0.908. The standard InChI is InChI=1S/C25H34N4O3/c1-31-22-9-8-21(23(17-22)32-2)16-25(30)29-11-5-6-20(19-29)18-27-12-14-28(15-13-27)24-7-3-4-10-26-24/h3-4,7-10,17,20H,5-6,11-16,18-19H2,1-2H3. The highest BCUT2D eigenvalue weighted by Gasteiger charge is 2.27. The van der Waals surface area contributed by atoms with Crippen molar-refractivity contribution in [1.29, 1.82) is 0 Å². The van der Waals surface area contributed by atoms with E-state index < -0.39 is 0 Å². The minimum absolute atomic E-state index is 0.179. The van der Waals surface area contributed by atoms with Crippen LogP contribution in [0.25, 0.3) is 0 Å². The Bertz CT molecular complexity index is 884. The van der Waals surface area contributed by atoms with Gasteiger partial charge in [0.15, 0.2) is 0 Å². The summed E-state index contributed by atoms with van der Waals surface area (Å²) in [6.07, 6.45) is 4.49. The Labute approximate surface area is 190 Å². The summed E-state index contributed by atoms with van der Waals surface area (Å²) in [4.78, 5) is 24.5. The number of aromatic nitrogens is 1. The SMILES string of the molecule is COc1ccc(CC(=O)N2CCCC(CN3CCN(c4ccccn4)CC3)C2)c(OC)c1. The van der Waals surface area contributed by atoms with Crippen LogP contribution < -0.4 is 14.4 Å². The molecule has 1 aromatic heterocycles. The first-order chi connectivity index (χ1) is 15.7. The molecule has 2 aliphatic rings. The van der Waals surface area contributed by atoms with Crippen LogP contribution >= 0.6 is 0 Å². The van der Waals surface area contributed by atoms with E-state index in [1.807, 2.05) is 41.4 Å². The molecule has 172 valence electrons. The topological polar surface area (TPSA) is 58.1 Å². The molecule has 0 aliphatic carbocycles. The van der Waals surface area contributed by atoms with E-state index in [1.54, 1.807) is 14.2 Å². The van der Waals surface area contributed by atoms with E-state index in [-0.39, 0.29) is 5.91 Å². The van der Waals surface area contributed by atoms with Crippen LogP contribution in [-0.2, 0) is 11.2 Å². The van der Waals surface area contributed by atoms with Crippen molar-refractivity contribution in [3.8, 4) is 11.5 Å². The van der Waals surface area contributed by atoms with E-state index in [0.717, 1.165) is 69.4 Å². The van der Waals surface area contributed by atoms with Gasteiger partial charge in [0.05, 0.1) is 20.6 Å². The maximum absolute atomic E-state index is 13.0. The Morgan fingerprint density at radius 2 is 1.91 bits per heavy atom. The van der Waals surface area contributed by atoms with Gasteiger partial charge in [-0.1, -0.05) is 12.1 Å². The molecule has 1 unspecified atom stereocenters. The minimum Gasteiger partial charge on any atom is -0.497 e. The number of piperazine rings is 1. The average molecular weight is 439 g/mol. The zero-order valence-electron chi connectivity index (χ0n) is 19.2. The molecule has 2 aliphatic heterocycles. The fraction of sp³-hybridized carbons (Fsp3) is 0.520. The number of pyridine rings is 1. The molecule has 7 heteroatoms. The predicted octanol–water partition coefficient (Wildman–Crippen LogP) is 2.70. The van der Waals surface area contributed by atoms with Gasteiger partial charge in [-0.15, -0.1) is 0 Å². The maximum atomic E-state index is 13.0. The van der Waals surface area contributed by atoms with Crippen LogP contribution in [0.1, 0.15) is 18.4 Å². The second kappa shape index (κ2) is 10.7. The Morgan fingerprint density at radius 3 is 2.62 bits per heavy atom. The number of carbonyl (C=O) groups is 1. The molecule has 4 rings (SSSR count). The summed E-state index contributed by atoms with van der Waals surface area (Å²) < 4.78 is 10.7. The molecule has 2 aromatic rings. The molecule has 3 heterocycles. The lowest BCUT2D eigenvalue weighted by Crippen LogP contribution is -2.50. The number of piperidine rings is 1. The number of amides is 1. The van der Waals surface area contributed by atoms with Crippen molar-refractivity contribution in [2.75, 3.05) is 64.9 Å². The van der Waals surface area contributed by atoms with Crippen LogP contribution in [0.3, 0.4) is 0 Å². The number of hydrogen-bond donors (Lipinski definition) is 0. The first kappa shape index (κ1) is 22.4. The molecular weight excluding hydrogens is 404 g/mol. The second-order valence-corrected chi connectivity index (χ2v) is 8.68. The van der Waals surface area contributed by atoms with Crippen LogP contribution in [-0.4, -0.2) is 80.7 Å². The van der Waals surface area contributed by atoms with Gasteiger partial charge in [0.25, 0.3) is 0 Å². The quantitative estimate of drug-likeness (QED) is 0.663. The normalized spacial score (nSPS) is 19.6. The van der Waals surface area contributed by atoms with Gasteiger partial charge in [-0.3, -0.25) is 9.69 Å². The highest BCUT2D eigenvalue weighted by molar-refractivity contribution is 5.79. The summed E-state index contributed by atoms with van der Waals surface area (Å²) in [6.45, 7) is 6.85. The molecule has 0 radical (unpaired) electrons. The molecule has 7 nitrogen and oxygen atoms in total. The Hall–Kier alpha value is -2.80. The third-order valence-corrected chi connectivity index (χ3v) is 6.57. The highest BCUT2D eigenvalue weighted by atomic mass is 16.5. The first-order valence-electron chi connectivity index (χ1n) is 11.5. The van der Waals surface area contributed by atoms with Gasteiger partial charge in [0.1, 0.15) is 17.3 Å². The third kappa shape index (κ3) is 5.51. The monoisotopic (exact) mass is 438 g/mol. The number of likely N-dealkylation sites (tertiary alicyclic amines) is 1. The average Bonchev–Trinajstić information content (AvgIpc) is 2.85. The predicted molar refractivity (Wildman–Crippen MR) is 125 cm³/mol. The molecule has 0 bridgehead atoms. The second-order valence-electron chi connectivity index (χ2n) is 8.68. The van der Waals surface area contributed by atoms with Gasteiger partial charge in [-0.05, 0) is 37.0 Å². The van der Waals surface area contributed by atoms with E-state index in [2.05, 4.69) is 20.9 Å². The maximum Gasteiger partial charge on any atom is 0.227 e. The van der Waals surface area contributed by atoms with Crippen molar-refractivity contribution in [1.82, 2.24) is 14.8 Å². The van der Waals surface area contributed by atoms with Crippen molar-refractivity contribution >= 4 is 11.7 Å². The number of carbonyl (C=O) groups excluding carboxylic acids is 1. The summed E-state index contributed by atoms with van der Waals surface area (Å²) in [6, 6.07) is 11.7. The summed E-state index contributed by atoms with van der Waals surface area (Å²) in [5, 5.41) is 0. The van der Waals surface area contributed by atoms with Crippen LogP contribution in [0, 0.1) is 5.92 Å². The lowest BCUT2D eigenvalue weighted by molar-refractivity contribution is -0.132. The number of anilines is 1. The molecule has 0 saturated carbocycles. The Balaban J connectivity index is 1.28. The third-order valence-electron chi connectivity index (χ3n) is 6.57. The lowest BCUT2D eigenvalue weighted by Gasteiger charge is -2.39. The van der Waals surface area contributed by atoms with Crippen LogP contribution in [0.2, 0.25) is 0 Å². The Kier molecular flexibility index (Phi) is 7.47. The molecule has 2 saturated heterocycles. The van der Waals surface area contributed by atoms with Crippen molar-refractivity contribution in [2.45, 2.75) is 19.3 Å². The van der Waals surface area contributed by atoms with Crippen LogP contribution in [0.15, 0.2) is 42.6 Å². The van der Waals surface area contributed by atoms with E-state index in [9.17, 15) is 4.79 Å². The summed E-state index contributed by atoms with van der Waals surface area (Å²) in [5.74, 6) is 3.22. The minimum atomic E-state index is 0.179. The zero-order chi connectivity index (χ0) is 22.3. The van der Waals surface area contributed by atoms with Gasteiger partial charge < -0.3 is 19.3 Å². The van der Waals surface area contributed by atoms with Gasteiger partial charge in [-0.25, -0.2) is 4.98 Å². The molecule has 2 fully saturated rings. The van der Waals surface area contributed by atoms with Crippen molar-refractivity contribution in [2.24, 2.45) is 5.92 Å². The Morgan fingerprint density at radius 1 is 1.06 bits per heavy atom. The number of benzene rings is 1. The number of ether oxygens (including phenoxy) is 2. The van der Waals surface area contributed by atoms with Crippen LogP contribution in [0.5, 0.6) is 11.5 Å². The van der Waals surface area contributed by atoms with Crippen LogP contribution in [0.4, 0.5) is 5.82 Å².